The lowest BCUT2D eigenvalue weighted by molar-refractivity contribution is -0.152. The van der Waals surface area contributed by atoms with Crippen molar-refractivity contribution in [2.24, 2.45) is 11.8 Å². The van der Waals surface area contributed by atoms with Gasteiger partial charge in [-0.05, 0) is 12.8 Å². The van der Waals surface area contributed by atoms with Gasteiger partial charge in [0.05, 0.1) is 18.4 Å². The molecule has 1 aliphatic rings. The first-order chi connectivity index (χ1) is 8.61. The predicted molar refractivity (Wildman–Crippen MR) is 66.9 cm³/mol. The highest BCUT2D eigenvalue weighted by Gasteiger charge is 2.37. The summed E-state index contributed by atoms with van der Waals surface area (Å²) in [5.74, 6) is -2.10. The second-order valence-electron chi connectivity index (χ2n) is 4.63. The van der Waals surface area contributed by atoms with Crippen molar-refractivity contribution in [3.63, 3.8) is 0 Å². The van der Waals surface area contributed by atoms with Crippen LogP contribution < -0.4 is 0 Å². The largest absolute Gasteiger partial charge is 0.481 e. The number of carbonyl (C=O) groups is 2. The number of rotatable bonds is 6. The standard InChI is InChI=1S/C13H21NO4/c1-2-7-14(8-9-15)12(16)10-5-3-4-6-11(10)13(17)18/h2,10-11,15H,1,3-9H2,(H,17,18)/t10-,11+/m1/s1. The van der Waals surface area contributed by atoms with Gasteiger partial charge in [-0.1, -0.05) is 18.9 Å². The summed E-state index contributed by atoms with van der Waals surface area (Å²) in [5, 5.41) is 18.1. The van der Waals surface area contributed by atoms with Crippen LogP contribution in [0.15, 0.2) is 12.7 Å². The van der Waals surface area contributed by atoms with Gasteiger partial charge in [0.1, 0.15) is 0 Å². The molecule has 1 saturated carbocycles. The summed E-state index contributed by atoms with van der Waals surface area (Å²) in [6, 6.07) is 0. The Morgan fingerprint density at radius 1 is 1.28 bits per heavy atom. The number of carbonyl (C=O) groups excluding carboxylic acids is 1. The quantitative estimate of drug-likeness (QED) is 0.691. The lowest BCUT2D eigenvalue weighted by Crippen LogP contribution is -2.43. The zero-order valence-corrected chi connectivity index (χ0v) is 10.5. The number of hydrogen-bond acceptors (Lipinski definition) is 3. The Bertz CT molecular complexity index is 316. The van der Waals surface area contributed by atoms with Crippen LogP contribution in [0.5, 0.6) is 0 Å². The summed E-state index contributed by atoms with van der Waals surface area (Å²) in [7, 11) is 0. The second kappa shape index (κ2) is 7.16. The maximum Gasteiger partial charge on any atom is 0.307 e. The Morgan fingerprint density at radius 2 is 1.89 bits per heavy atom. The van der Waals surface area contributed by atoms with Crippen molar-refractivity contribution >= 4 is 11.9 Å². The number of aliphatic hydroxyl groups excluding tert-OH is 1. The molecule has 0 radical (unpaired) electrons. The van der Waals surface area contributed by atoms with Gasteiger partial charge in [-0.2, -0.15) is 0 Å². The molecule has 5 heteroatoms. The van der Waals surface area contributed by atoms with E-state index in [0.29, 0.717) is 19.4 Å². The van der Waals surface area contributed by atoms with E-state index in [4.69, 9.17) is 10.2 Å². The summed E-state index contributed by atoms with van der Waals surface area (Å²) >= 11 is 0. The zero-order chi connectivity index (χ0) is 13.5. The first kappa shape index (κ1) is 14.7. The van der Waals surface area contributed by atoms with Gasteiger partial charge in [-0.25, -0.2) is 0 Å². The molecule has 1 rings (SSSR count). The summed E-state index contributed by atoms with van der Waals surface area (Å²) in [6.45, 7) is 4.03. The third-order valence-electron chi connectivity index (χ3n) is 3.43. The summed E-state index contributed by atoms with van der Waals surface area (Å²) in [5.41, 5.74) is 0. The van der Waals surface area contributed by atoms with Gasteiger partial charge in [0, 0.05) is 13.1 Å². The second-order valence-corrected chi connectivity index (χ2v) is 4.63. The van der Waals surface area contributed by atoms with Crippen LogP contribution in [0.3, 0.4) is 0 Å². The predicted octanol–water partition coefficient (Wildman–Crippen LogP) is 0.884. The number of amides is 1. The van der Waals surface area contributed by atoms with Crippen molar-refractivity contribution in [1.82, 2.24) is 4.90 Å². The first-order valence-corrected chi connectivity index (χ1v) is 6.35. The molecule has 2 N–H and O–H groups in total. The molecule has 1 amide bonds. The van der Waals surface area contributed by atoms with Crippen LogP contribution in [0.25, 0.3) is 0 Å². The Hall–Kier alpha value is -1.36. The van der Waals surface area contributed by atoms with Gasteiger partial charge < -0.3 is 15.1 Å². The minimum Gasteiger partial charge on any atom is -0.481 e. The van der Waals surface area contributed by atoms with Crippen LogP contribution in [0.2, 0.25) is 0 Å². The van der Waals surface area contributed by atoms with E-state index in [-0.39, 0.29) is 19.1 Å². The fourth-order valence-corrected chi connectivity index (χ4v) is 2.52. The van der Waals surface area contributed by atoms with E-state index in [2.05, 4.69) is 6.58 Å². The average molecular weight is 255 g/mol. The molecule has 0 bridgehead atoms. The molecule has 18 heavy (non-hydrogen) atoms. The molecule has 0 unspecified atom stereocenters. The van der Waals surface area contributed by atoms with E-state index < -0.39 is 17.8 Å². The van der Waals surface area contributed by atoms with Crippen LogP contribution in [0.1, 0.15) is 25.7 Å². The Morgan fingerprint density at radius 3 is 2.39 bits per heavy atom. The topological polar surface area (TPSA) is 77.8 Å². The molecule has 0 aromatic carbocycles. The van der Waals surface area contributed by atoms with Gasteiger partial charge in [0.25, 0.3) is 0 Å². The van der Waals surface area contributed by atoms with E-state index in [9.17, 15) is 9.59 Å². The highest BCUT2D eigenvalue weighted by Crippen LogP contribution is 2.31. The smallest absolute Gasteiger partial charge is 0.307 e. The van der Waals surface area contributed by atoms with E-state index in [0.717, 1.165) is 12.8 Å². The highest BCUT2D eigenvalue weighted by molar-refractivity contribution is 5.85. The average Bonchev–Trinajstić information content (AvgIpc) is 2.37. The summed E-state index contributed by atoms with van der Waals surface area (Å²) < 4.78 is 0. The molecule has 0 heterocycles. The molecular formula is C13H21NO4. The molecule has 0 aliphatic heterocycles. The lowest BCUT2D eigenvalue weighted by atomic mass is 9.78. The monoisotopic (exact) mass is 255 g/mol. The van der Waals surface area contributed by atoms with E-state index in [1.54, 1.807) is 6.08 Å². The Kier molecular flexibility index (Phi) is 5.85. The first-order valence-electron chi connectivity index (χ1n) is 6.35. The summed E-state index contributed by atoms with van der Waals surface area (Å²) in [4.78, 5) is 24.9. The van der Waals surface area contributed by atoms with Gasteiger partial charge >= 0.3 is 5.97 Å². The number of aliphatic hydroxyl groups is 1. The molecule has 1 fully saturated rings. The van der Waals surface area contributed by atoms with E-state index in [1.807, 2.05) is 0 Å². The molecule has 0 aromatic heterocycles. The number of carboxylic acids is 1. The summed E-state index contributed by atoms with van der Waals surface area (Å²) in [6.07, 6.45) is 4.53. The molecule has 0 spiro atoms. The Labute approximate surface area is 107 Å². The van der Waals surface area contributed by atoms with Crippen LogP contribution in [0.4, 0.5) is 0 Å². The van der Waals surface area contributed by atoms with E-state index >= 15 is 0 Å². The van der Waals surface area contributed by atoms with Crippen LogP contribution in [-0.2, 0) is 9.59 Å². The fraction of sp³-hybridized carbons (Fsp3) is 0.692. The van der Waals surface area contributed by atoms with E-state index in [1.165, 1.54) is 4.90 Å². The molecule has 1 aliphatic carbocycles. The van der Waals surface area contributed by atoms with Crippen molar-refractivity contribution in [2.45, 2.75) is 25.7 Å². The Balaban J connectivity index is 2.76. The molecular weight excluding hydrogens is 234 g/mol. The highest BCUT2D eigenvalue weighted by atomic mass is 16.4. The van der Waals surface area contributed by atoms with Gasteiger partial charge in [-0.3, -0.25) is 9.59 Å². The normalized spacial score (nSPS) is 23.4. The maximum atomic E-state index is 12.3. The maximum absolute atomic E-state index is 12.3. The van der Waals surface area contributed by atoms with Gasteiger partial charge in [0.15, 0.2) is 0 Å². The third kappa shape index (κ3) is 3.57. The van der Waals surface area contributed by atoms with Crippen molar-refractivity contribution in [3.05, 3.63) is 12.7 Å². The molecule has 0 aromatic rings. The van der Waals surface area contributed by atoms with Crippen LogP contribution in [-0.4, -0.2) is 46.7 Å². The number of hydrogen-bond donors (Lipinski definition) is 2. The van der Waals surface area contributed by atoms with Crippen molar-refractivity contribution in [2.75, 3.05) is 19.7 Å². The molecule has 2 atom stereocenters. The molecule has 5 nitrogen and oxygen atoms in total. The number of nitrogens with zero attached hydrogens (tertiary/aromatic N) is 1. The molecule has 102 valence electrons. The van der Waals surface area contributed by atoms with Crippen LogP contribution >= 0.6 is 0 Å². The van der Waals surface area contributed by atoms with Crippen LogP contribution in [0, 0.1) is 11.8 Å². The van der Waals surface area contributed by atoms with Crippen molar-refractivity contribution < 1.29 is 19.8 Å². The van der Waals surface area contributed by atoms with Gasteiger partial charge in [-0.15, -0.1) is 6.58 Å². The third-order valence-corrected chi connectivity index (χ3v) is 3.43. The van der Waals surface area contributed by atoms with Crippen molar-refractivity contribution in [1.29, 1.82) is 0 Å². The zero-order valence-electron chi connectivity index (χ0n) is 10.5. The SMILES string of the molecule is C=CCN(CCO)C(=O)[C@@H]1CCCC[C@@H]1C(=O)O. The minimum absolute atomic E-state index is 0.121. The number of carboxylic acid groups (broad SMARTS) is 1. The lowest BCUT2D eigenvalue weighted by Gasteiger charge is -2.32. The minimum atomic E-state index is -0.893. The molecule has 0 saturated heterocycles. The van der Waals surface area contributed by atoms with Crippen molar-refractivity contribution in [3.8, 4) is 0 Å². The fourth-order valence-electron chi connectivity index (χ4n) is 2.52. The van der Waals surface area contributed by atoms with Gasteiger partial charge in [0.2, 0.25) is 5.91 Å². The number of aliphatic carboxylic acids is 1.